The van der Waals surface area contributed by atoms with Gasteiger partial charge in [0.05, 0.1) is 17.5 Å². The highest BCUT2D eigenvalue weighted by atomic mass is 79.9. The summed E-state index contributed by atoms with van der Waals surface area (Å²) in [6, 6.07) is 10.4. The molecule has 0 radical (unpaired) electrons. The van der Waals surface area contributed by atoms with E-state index in [4.69, 9.17) is 14.9 Å². The Kier molecular flexibility index (Phi) is 12.2. The van der Waals surface area contributed by atoms with Crippen molar-refractivity contribution in [3.05, 3.63) is 56.5 Å². The maximum atomic E-state index is 12.4. The minimum absolute atomic E-state index is 0.0284. The molecule has 0 atom stereocenters. The molecule has 0 aliphatic carbocycles. The van der Waals surface area contributed by atoms with Gasteiger partial charge in [-0.15, -0.1) is 0 Å². The third-order valence-electron chi connectivity index (χ3n) is 7.51. The van der Waals surface area contributed by atoms with Gasteiger partial charge in [-0.1, -0.05) is 31.9 Å². The van der Waals surface area contributed by atoms with Crippen molar-refractivity contribution >= 4 is 63.3 Å². The normalized spacial score (nSPS) is 18.2. The van der Waals surface area contributed by atoms with Crippen LogP contribution < -0.4 is 4.74 Å². The lowest BCUT2D eigenvalue weighted by Gasteiger charge is -2.44. The van der Waals surface area contributed by atoms with Crippen molar-refractivity contribution in [1.82, 2.24) is 9.62 Å². The molecule has 0 aromatic heterocycles. The molecule has 1 spiro atoms. The summed E-state index contributed by atoms with van der Waals surface area (Å²) in [5, 5.41) is 27.9. The van der Waals surface area contributed by atoms with Crippen LogP contribution in [0.4, 0.5) is 0 Å². The van der Waals surface area contributed by atoms with Gasteiger partial charge in [0.25, 0.3) is 0 Å². The molecule has 9 nitrogen and oxygen atoms in total. The highest BCUT2D eigenvalue weighted by molar-refractivity contribution is 9.10. The first-order chi connectivity index (χ1) is 19.3. The summed E-state index contributed by atoms with van der Waals surface area (Å²) >= 11 is 6.59. The maximum absolute atomic E-state index is 12.4. The molecule has 3 N–H and O–H groups in total. The van der Waals surface area contributed by atoms with Gasteiger partial charge in [-0.05, 0) is 96.0 Å². The van der Waals surface area contributed by atoms with Crippen molar-refractivity contribution in [3.63, 3.8) is 0 Å². The third-order valence-corrected chi connectivity index (χ3v) is 8.50. The van der Waals surface area contributed by atoms with Gasteiger partial charge in [-0.25, -0.2) is 0 Å². The van der Waals surface area contributed by atoms with Gasteiger partial charge in [0, 0.05) is 21.8 Å². The molecule has 2 fully saturated rings. The monoisotopic (exact) mass is 692 g/mol. The van der Waals surface area contributed by atoms with Crippen LogP contribution >= 0.6 is 31.9 Å². The first kappa shape index (κ1) is 33.5. The van der Waals surface area contributed by atoms with E-state index in [1.165, 1.54) is 13.0 Å². The summed E-state index contributed by atoms with van der Waals surface area (Å²) in [4.78, 5) is 37.8. The molecule has 2 aromatic carbocycles. The zero-order valence-electron chi connectivity index (χ0n) is 23.6. The van der Waals surface area contributed by atoms with E-state index in [0.29, 0.717) is 41.9 Å². The molecule has 0 amide bonds. The number of ether oxygens (including phenoxy) is 1. The minimum Gasteiger partial charge on any atom is -0.507 e. The molecule has 3 aliphatic heterocycles. The fourth-order valence-corrected chi connectivity index (χ4v) is 5.71. The number of phenolic OH excluding ortho intramolecular Hbond substituents is 1. The number of hydrogen-bond acceptors (Lipinski definition) is 9. The van der Waals surface area contributed by atoms with E-state index in [-0.39, 0.29) is 22.9 Å². The second-order valence-electron chi connectivity index (χ2n) is 10.6. The molecule has 0 unspecified atom stereocenters. The van der Waals surface area contributed by atoms with E-state index in [0.717, 1.165) is 48.0 Å². The first-order valence-corrected chi connectivity index (χ1v) is 15.3. The number of nitrogens with zero attached hydrogens (tertiary/aromatic N) is 2. The summed E-state index contributed by atoms with van der Waals surface area (Å²) in [5.74, 6) is 1.05. The Balaban J connectivity index is 0.000000187. The number of rotatable bonds is 3. The van der Waals surface area contributed by atoms with Gasteiger partial charge in [-0.3, -0.25) is 14.4 Å². The summed E-state index contributed by atoms with van der Waals surface area (Å²) < 4.78 is 7.85. The number of ketones is 3. The van der Waals surface area contributed by atoms with Gasteiger partial charge in [0.2, 0.25) is 0 Å². The number of halogens is 2. The number of benzene rings is 2. The van der Waals surface area contributed by atoms with Crippen molar-refractivity contribution in [2.24, 2.45) is 0 Å². The summed E-state index contributed by atoms with van der Waals surface area (Å²) in [5.41, 5.74) is 0.630. The lowest BCUT2D eigenvalue weighted by atomic mass is 9.76. The van der Waals surface area contributed by atoms with Crippen LogP contribution in [0.2, 0.25) is 13.6 Å². The molecular formula is C28H36B2Br2N2O7. The van der Waals surface area contributed by atoms with Crippen molar-refractivity contribution < 1.29 is 34.3 Å². The van der Waals surface area contributed by atoms with Crippen LogP contribution in [0.3, 0.4) is 0 Å². The lowest BCUT2D eigenvalue weighted by Crippen LogP contribution is -2.53. The van der Waals surface area contributed by atoms with Gasteiger partial charge >= 0.3 is 14.1 Å². The van der Waals surface area contributed by atoms with Crippen LogP contribution in [0.25, 0.3) is 0 Å². The van der Waals surface area contributed by atoms with E-state index in [1.807, 2.05) is 27.8 Å². The molecule has 5 rings (SSSR count). The van der Waals surface area contributed by atoms with E-state index in [9.17, 15) is 19.4 Å². The zero-order valence-corrected chi connectivity index (χ0v) is 26.8. The number of hydrogen-bond donors (Lipinski definition) is 3. The molecule has 13 heteroatoms. The van der Waals surface area contributed by atoms with Crippen LogP contribution in [0.1, 0.15) is 59.7 Å². The van der Waals surface area contributed by atoms with Crippen LogP contribution in [-0.2, 0) is 4.79 Å². The van der Waals surface area contributed by atoms with Gasteiger partial charge < -0.3 is 29.5 Å². The Hall–Kier alpha value is -2.02. The molecule has 3 aliphatic rings. The minimum atomic E-state index is -0.435. The smallest absolute Gasteiger partial charge is 0.376 e. The molecule has 3 heterocycles. The predicted molar refractivity (Wildman–Crippen MR) is 167 cm³/mol. The fraction of sp³-hybridized carbons (Fsp3) is 0.464. The Morgan fingerprint density at radius 2 is 1.44 bits per heavy atom. The number of Topliss-reactive ketones (excluding diaryl/α,β-unsaturated/α-hetero) is 3. The molecule has 2 saturated heterocycles. The quantitative estimate of drug-likeness (QED) is 0.315. The Bertz CT molecular complexity index is 1240. The largest absolute Gasteiger partial charge is 0.507 e. The van der Waals surface area contributed by atoms with Crippen LogP contribution in [0.5, 0.6) is 11.5 Å². The average molecular weight is 694 g/mol. The Labute approximate surface area is 258 Å². The number of piperidine rings is 2. The predicted octanol–water partition coefficient (Wildman–Crippen LogP) is 4.48. The standard InChI is InChI=1S/C14H17BBrNO3.C8H7BrO2.C6H12BNO2/c1-15(19)17-6-4-14(5-7-17)9-12(18)11-8-10(16)2-3-13(11)20-14;1-5(10)7-4-6(9)2-3-8(7)11;1-7(10)8-4-2-6(9)3-5-8/h2-3,8,19H,4-7,9H2,1H3;2-4,11H,1H3;10H,2-5H2,1H3. The van der Waals surface area contributed by atoms with Crippen molar-refractivity contribution in [3.8, 4) is 11.5 Å². The van der Waals surface area contributed by atoms with Gasteiger partial charge in [0.1, 0.15) is 22.9 Å². The van der Waals surface area contributed by atoms with E-state index in [2.05, 4.69) is 31.9 Å². The fourth-order valence-electron chi connectivity index (χ4n) is 4.99. The molecule has 0 saturated carbocycles. The number of fused-ring (bicyclic) bond motifs is 1. The maximum Gasteiger partial charge on any atom is 0.376 e. The topological polar surface area (TPSA) is 128 Å². The molecule has 2 aromatic rings. The molecule has 0 bridgehead atoms. The Morgan fingerprint density at radius 3 is 1.98 bits per heavy atom. The summed E-state index contributed by atoms with van der Waals surface area (Å²) in [6.07, 6.45) is 3.19. The Morgan fingerprint density at radius 1 is 0.902 bits per heavy atom. The van der Waals surface area contributed by atoms with Crippen molar-refractivity contribution in [2.75, 3.05) is 26.2 Å². The highest BCUT2D eigenvalue weighted by Crippen LogP contribution is 2.40. The lowest BCUT2D eigenvalue weighted by molar-refractivity contribution is -0.120. The zero-order chi connectivity index (χ0) is 30.3. The van der Waals surface area contributed by atoms with Gasteiger partial charge in [-0.2, -0.15) is 0 Å². The second kappa shape index (κ2) is 14.9. The molecule has 220 valence electrons. The first-order valence-electron chi connectivity index (χ1n) is 13.7. The molecule has 41 heavy (non-hydrogen) atoms. The summed E-state index contributed by atoms with van der Waals surface area (Å²) in [6.45, 7) is 7.88. The summed E-state index contributed by atoms with van der Waals surface area (Å²) in [7, 11) is -0.831. The third kappa shape index (κ3) is 9.49. The molecular weight excluding hydrogens is 658 g/mol. The van der Waals surface area contributed by atoms with Crippen LogP contribution in [0.15, 0.2) is 45.3 Å². The van der Waals surface area contributed by atoms with Crippen LogP contribution in [-0.4, -0.2) is 88.0 Å². The van der Waals surface area contributed by atoms with E-state index < -0.39 is 14.1 Å². The van der Waals surface area contributed by atoms with E-state index in [1.54, 1.807) is 25.8 Å². The highest BCUT2D eigenvalue weighted by Gasteiger charge is 2.43. The second-order valence-corrected chi connectivity index (χ2v) is 12.4. The van der Waals surface area contributed by atoms with Crippen LogP contribution in [0, 0.1) is 0 Å². The number of carbonyl (C=O) groups excluding carboxylic acids is 3. The number of phenols is 1. The van der Waals surface area contributed by atoms with Crippen molar-refractivity contribution in [1.29, 1.82) is 0 Å². The average Bonchev–Trinajstić information content (AvgIpc) is 2.92. The number of aromatic hydroxyl groups is 1. The van der Waals surface area contributed by atoms with E-state index >= 15 is 0 Å². The number of carbonyl (C=O) groups is 3. The SMILES string of the molecule is CB(O)N1CCC(=O)CC1.CB(O)N1CCC2(CC1)CC(=O)c1cc(Br)ccc1O2.CC(=O)c1cc(Br)ccc1O. The van der Waals surface area contributed by atoms with Gasteiger partial charge in [0.15, 0.2) is 11.6 Å². The van der Waals surface area contributed by atoms with Crippen molar-refractivity contribution in [2.45, 2.75) is 58.3 Å².